The van der Waals surface area contributed by atoms with Crippen LogP contribution in [0.25, 0.3) is 0 Å². The van der Waals surface area contributed by atoms with Crippen molar-refractivity contribution in [1.82, 2.24) is 9.88 Å². The Morgan fingerprint density at radius 1 is 1.40 bits per heavy atom. The molecular weight excluding hydrogens is 278 g/mol. The van der Waals surface area contributed by atoms with Crippen LogP contribution < -0.4 is 11.3 Å². The zero-order valence-corrected chi connectivity index (χ0v) is 13.3. The minimum absolute atomic E-state index is 0. The lowest BCUT2D eigenvalue weighted by Gasteiger charge is -2.21. The molecule has 0 aromatic carbocycles. The highest BCUT2D eigenvalue weighted by atomic mass is 35.5. The molecule has 0 aliphatic carbocycles. The van der Waals surface area contributed by atoms with E-state index in [1.165, 1.54) is 0 Å². The number of nitrogens with zero attached hydrogens (tertiary/aromatic N) is 1. The number of aromatic nitrogens is 1. The molecule has 1 heterocycles. The third-order valence-electron chi connectivity index (χ3n) is 3.29. The summed E-state index contributed by atoms with van der Waals surface area (Å²) in [4.78, 5) is 28.0. The fraction of sp³-hybridized carbons (Fsp3) is 0.571. The molecule has 114 valence electrons. The van der Waals surface area contributed by atoms with E-state index in [1.54, 1.807) is 31.0 Å². The second-order valence-corrected chi connectivity index (χ2v) is 5.31. The molecular formula is C14H24ClN3O2. The number of hydrogen-bond donors (Lipinski definition) is 2. The van der Waals surface area contributed by atoms with Crippen LogP contribution in [0, 0.1) is 12.8 Å². The molecule has 1 aromatic heterocycles. The number of halogens is 1. The first-order chi connectivity index (χ1) is 8.82. The largest absolute Gasteiger partial charge is 0.341 e. The Balaban J connectivity index is 0.00000361. The normalized spacial score (nSPS) is 11.9. The Bertz CT molecular complexity index is 499. The molecule has 6 heteroatoms. The van der Waals surface area contributed by atoms with Gasteiger partial charge in [-0.3, -0.25) is 9.59 Å². The average molecular weight is 302 g/mol. The van der Waals surface area contributed by atoms with E-state index in [2.05, 4.69) is 18.8 Å². The molecule has 1 aromatic rings. The van der Waals surface area contributed by atoms with Crippen LogP contribution in [0.1, 0.15) is 36.3 Å². The van der Waals surface area contributed by atoms with Crippen LogP contribution in [0.2, 0.25) is 0 Å². The highest BCUT2D eigenvalue weighted by molar-refractivity contribution is 5.93. The first-order valence-corrected chi connectivity index (χ1v) is 6.54. The SMILES string of the molecule is Cc1ccc(C(=O)N(C)CCC(N)C(C)C)c(=O)[nH]1.Cl. The van der Waals surface area contributed by atoms with E-state index < -0.39 is 0 Å². The third-order valence-corrected chi connectivity index (χ3v) is 3.29. The summed E-state index contributed by atoms with van der Waals surface area (Å²) < 4.78 is 0. The molecule has 5 nitrogen and oxygen atoms in total. The maximum Gasteiger partial charge on any atom is 0.260 e. The lowest BCUT2D eigenvalue weighted by molar-refractivity contribution is 0.0787. The second kappa shape index (κ2) is 8.07. The van der Waals surface area contributed by atoms with Crippen molar-refractivity contribution in [3.8, 4) is 0 Å². The fourth-order valence-electron chi connectivity index (χ4n) is 1.72. The molecule has 1 rings (SSSR count). The number of rotatable bonds is 5. The molecule has 0 aliphatic heterocycles. The number of carbonyl (C=O) groups excluding carboxylic acids is 1. The van der Waals surface area contributed by atoms with Crippen LogP contribution in [0.3, 0.4) is 0 Å². The van der Waals surface area contributed by atoms with Gasteiger partial charge < -0.3 is 15.6 Å². The summed E-state index contributed by atoms with van der Waals surface area (Å²) in [5, 5.41) is 0. The summed E-state index contributed by atoms with van der Waals surface area (Å²) in [5.74, 6) is 0.114. The molecule has 0 saturated heterocycles. The number of hydrogen-bond acceptors (Lipinski definition) is 3. The summed E-state index contributed by atoms with van der Waals surface area (Å²) in [7, 11) is 1.69. The lowest BCUT2D eigenvalue weighted by Crippen LogP contribution is -2.36. The van der Waals surface area contributed by atoms with Gasteiger partial charge in [-0.2, -0.15) is 0 Å². The molecule has 3 N–H and O–H groups in total. The van der Waals surface area contributed by atoms with Crippen molar-refractivity contribution in [2.45, 2.75) is 33.2 Å². The Morgan fingerprint density at radius 2 is 2.00 bits per heavy atom. The minimum Gasteiger partial charge on any atom is -0.341 e. The van der Waals surface area contributed by atoms with Gasteiger partial charge in [0.15, 0.2) is 0 Å². The highest BCUT2D eigenvalue weighted by Gasteiger charge is 2.16. The van der Waals surface area contributed by atoms with E-state index in [1.807, 2.05) is 0 Å². The standard InChI is InChI=1S/C14H23N3O2.ClH/c1-9(2)12(15)7-8-17(4)14(19)11-6-5-10(3)16-13(11)18;/h5-6,9,12H,7-8,15H2,1-4H3,(H,16,18);1H. The van der Waals surface area contributed by atoms with Crippen molar-refractivity contribution in [3.05, 3.63) is 33.7 Å². The molecule has 0 fully saturated rings. The van der Waals surface area contributed by atoms with Gasteiger partial charge in [0.05, 0.1) is 0 Å². The van der Waals surface area contributed by atoms with E-state index in [9.17, 15) is 9.59 Å². The summed E-state index contributed by atoms with van der Waals surface area (Å²) >= 11 is 0. The van der Waals surface area contributed by atoms with Gasteiger partial charge in [-0.1, -0.05) is 13.8 Å². The first kappa shape index (κ1) is 18.7. The monoisotopic (exact) mass is 301 g/mol. The van der Waals surface area contributed by atoms with E-state index in [0.717, 1.165) is 12.1 Å². The van der Waals surface area contributed by atoms with Crippen LogP contribution in [-0.2, 0) is 0 Å². The lowest BCUT2D eigenvalue weighted by atomic mass is 10.0. The topological polar surface area (TPSA) is 79.2 Å². The Kier molecular flexibility index (Phi) is 7.53. The zero-order valence-electron chi connectivity index (χ0n) is 12.5. The molecule has 1 amide bonds. The van der Waals surface area contributed by atoms with E-state index in [-0.39, 0.29) is 35.5 Å². The maximum atomic E-state index is 12.1. The van der Waals surface area contributed by atoms with Crippen LogP contribution in [-0.4, -0.2) is 35.4 Å². The van der Waals surface area contributed by atoms with Crippen LogP contribution in [0.4, 0.5) is 0 Å². The maximum absolute atomic E-state index is 12.1. The molecule has 0 aliphatic rings. The van der Waals surface area contributed by atoms with Crippen LogP contribution in [0.5, 0.6) is 0 Å². The summed E-state index contributed by atoms with van der Waals surface area (Å²) in [6.45, 7) is 6.43. The first-order valence-electron chi connectivity index (χ1n) is 6.54. The van der Waals surface area contributed by atoms with E-state index >= 15 is 0 Å². The molecule has 20 heavy (non-hydrogen) atoms. The summed E-state index contributed by atoms with van der Waals surface area (Å²) in [5.41, 5.74) is 6.52. The number of nitrogens with one attached hydrogen (secondary N) is 1. The van der Waals surface area contributed by atoms with Crippen molar-refractivity contribution in [3.63, 3.8) is 0 Å². The number of amides is 1. The Labute approximate surface area is 126 Å². The quantitative estimate of drug-likeness (QED) is 0.866. The number of H-pyrrole nitrogens is 1. The van der Waals surface area contributed by atoms with Gasteiger partial charge in [-0.25, -0.2) is 0 Å². The van der Waals surface area contributed by atoms with E-state index in [0.29, 0.717) is 12.5 Å². The van der Waals surface area contributed by atoms with Gasteiger partial charge in [0.1, 0.15) is 5.56 Å². The number of nitrogens with two attached hydrogens (primary N) is 1. The van der Waals surface area contributed by atoms with Gasteiger partial charge in [0.2, 0.25) is 0 Å². The van der Waals surface area contributed by atoms with Crippen molar-refractivity contribution in [2.24, 2.45) is 11.7 Å². The summed E-state index contributed by atoms with van der Waals surface area (Å²) in [6, 6.07) is 3.35. The predicted molar refractivity (Wildman–Crippen MR) is 83.4 cm³/mol. The molecule has 0 saturated carbocycles. The minimum atomic E-state index is -0.343. The fourth-order valence-corrected chi connectivity index (χ4v) is 1.72. The molecule has 0 spiro atoms. The van der Waals surface area contributed by atoms with Crippen LogP contribution in [0.15, 0.2) is 16.9 Å². The second-order valence-electron chi connectivity index (χ2n) is 5.31. The van der Waals surface area contributed by atoms with Crippen molar-refractivity contribution >= 4 is 18.3 Å². The zero-order chi connectivity index (χ0) is 14.6. The Morgan fingerprint density at radius 3 is 2.50 bits per heavy atom. The smallest absolute Gasteiger partial charge is 0.260 e. The van der Waals surface area contributed by atoms with E-state index in [4.69, 9.17) is 5.73 Å². The van der Waals surface area contributed by atoms with Crippen molar-refractivity contribution in [1.29, 1.82) is 0 Å². The third kappa shape index (κ3) is 4.98. The number of carbonyl (C=O) groups is 1. The van der Waals surface area contributed by atoms with Crippen molar-refractivity contribution < 1.29 is 4.79 Å². The number of aryl methyl sites for hydroxylation is 1. The average Bonchev–Trinajstić information content (AvgIpc) is 2.34. The Hall–Kier alpha value is -1.33. The number of aromatic amines is 1. The summed E-state index contributed by atoms with van der Waals surface area (Å²) in [6.07, 6.45) is 0.726. The molecule has 1 atom stereocenters. The van der Waals surface area contributed by atoms with Gasteiger partial charge in [-0.15, -0.1) is 12.4 Å². The molecule has 0 bridgehead atoms. The van der Waals surface area contributed by atoms with Gasteiger partial charge in [0.25, 0.3) is 11.5 Å². The van der Waals surface area contributed by atoms with Gasteiger partial charge in [0, 0.05) is 25.3 Å². The highest BCUT2D eigenvalue weighted by Crippen LogP contribution is 2.05. The molecule has 1 unspecified atom stereocenters. The van der Waals surface area contributed by atoms with Gasteiger partial charge in [-0.05, 0) is 31.4 Å². The van der Waals surface area contributed by atoms with Crippen LogP contribution >= 0.6 is 12.4 Å². The van der Waals surface area contributed by atoms with Crippen molar-refractivity contribution in [2.75, 3.05) is 13.6 Å². The number of pyridine rings is 1. The molecule has 0 radical (unpaired) electrons. The van der Waals surface area contributed by atoms with Gasteiger partial charge >= 0.3 is 0 Å². The predicted octanol–water partition coefficient (Wildman–Crippen LogP) is 1.55.